The molecule has 5 nitrogen and oxygen atoms in total. The van der Waals surface area contributed by atoms with Crippen molar-refractivity contribution in [3.63, 3.8) is 0 Å². The van der Waals surface area contributed by atoms with Crippen LogP contribution in [0.4, 0.5) is 0 Å². The van der Waals surface area contributed by atoms with Gasteiger partial charge < -0.3 is 9.15 Å². The van der Waals surface area contributed by atoms with Crippen molar-refractivity contribution in [2.45, 2.75) is 12.5 Å². The summed E-state index contributed by atoms with van der Waals surface area (Å²) in [6.07, 6.45) is 2.21. The lowest BCUT2D eigenvalue weighted by molar-refractivity contribution is -0.135. The van der Waals surface area contributed by atoms with E-state index in [0.29, 0.717) is 23.0 Å². The Balaban J connectivity index is 1.52. The topological polar surface area (TPSA) is 55.0 Å². The van der Waals surface area contributed by atoms with Gasteiger partial charge in [-0.2, -0.15) is 5.10 Å². The van der Waals surface area contributed by atoms with E-state index >= 15 is 0 Å². The van der Waals surface area contributed by atoms with Crippen molar-refractivity contribution < 1.29 is 13.9 Å². The minimum atomic E-state index is -0.261. The van der Waals surface area contributed by atoms with Crippen LogP contribution in [0.3, 0.4) is 0 Å². The SMILES string of the molecule is O=C(COc1ccc(Cl)cc1)N1N=C(c2cccs2)C[C@H]1c1ccco1. The summed E-state index contributed by atoms with van der Waals surface area (Å²) < 4.78 is 11.1. The number of thiophene rings is 1. The van der Waals surface area contributed by atoms with E-state index in [1.165, 1.54) is 5.01 Å². The number of benzene rings is 1. The molecule has 0 aliphatic carbocycles. The van der Waals surface area contributed by atoms with Gasteiger partial charge in [-0.15, -0.1) is 11.3 Å². The van der Waals surface area contributed by atoms with Crippen LogP contribution >= 0.6 is 22.9 Å². The van der Waals surface area contributed by atoms with Crippen molar-refractivity contribution in [3.05, 3.63) is 75.8 Å². The summed E-state index contributed by atoms with van der Waals surface area (Å²) in [5, 5.41) is 8.62. The Hall–Kier alpha value is -2.57. The van der Waals surface area contributed by atoms with Crippen LogP contribution in [-0.2, 0) is 4.79 Å². The number of halogens is 1. The average molecular weight is 387 g/mol. The molecule has 26 heavy (non-hydrogen) atoms. The largest absolute Gasteiger partial charge is 0.484 e. The molecule has 0 radical (unpaired) electrons. The van der Waals surface area contributed by atoms with Crippen molar-refractivity contribution in [3.8, 4) is 5.75 Å². The Morgan fingerprint density at radius 3 is 2.81 bits per heavy atom. The molecule has 0 bridgehead atoms. The van der Waals surface area contributed by atoms with Gasteiger partial charge in [0.05, 0.1) is 16.9 Å². The number of hydrazone groups is 1. The van der Waals surface area contributed by atoms with Gasteiger partial charge in [-0.3, -0.25) is 4.79 Å². The maximum absolute atomic E-state index is 12.7. The highest BCUT2D eigenvalue weighted by Gasteiger charge is 2.35. The maximum atomic E-state index is 12.7. The van der Waals surface area contributed by atoms with E-state index in [1.54, 1.807) is 41.9 Å². The zero-order chi connectivity index (χ0) is 17.9. The first-order chi connectivity index (χ1) is 12.7. The summed E-state index contributed by atoms with van der Waals surface area (Å²) in [6, 6.07) is 14.3. The van der Waals surface area contributed by atoms with Crippen LogP contribution < -0.4 is 4.74 Å². The molecule has 3 aromatic rings. The molecule has 0 fully saturated rings. The summed E-state index contributed by atoms with van der Waals surface area (Å²) in [5.74, 6) is 1.06. The third-order valence-electron chi connectivity index (χ3n) is 4.02. The molecule has 4 rings (SSSR count). The molecule has 1 aliphatic rings. The minimum Gasteiger partial charge on any atom is -0.484 e. The number of nitrogens with zero attached hydrogens (tertiary/aromatic N) is 2. The monoisotopic (exact) mass is 386 g/mol. The lowest BCUT2D eigenvalue weighted by Gasteiger charge is -2.20. The van der Waals surface area contributed by atoms with Crippen LogP contribution in [0.1, 0.15) is 23.1 Å². The Bertz CT molecular complexity index is 905. The summed E-state index contributed by atoms with van der Waals surface area (Å²) in [6.45, 7) is -0.111. The van der Waals surface area contributed by atoms with Gasteiger partial charge in [0, 0.05) is 11.4 Å². The Kier molecular flexibility index (Phi) is 4.77. The number of hydrogen-bond donors (Lipinski definition) is 0. The number of carbonyl (C=O) groups excluding carboxylic acids is 1. The number of furan rings is 1. The van der Waals surface area contributed by atoms with Crippen molar-refractivity contribution in [1.29, 1.82) is 0 Å². The third kappa shape index (κ3) is 3.52. The van der Waals surface area contributed by atoms with Gasteiger partial charge in [0.15, 0.2) is 6.61 Å². The van der Waals surface area contributed by atoms with E-state index in [9.17, 15) is 4.79 Å². The fourth-order valence-electron chi connectivity index (χ4n) is 2.78. The van der Waals surface area contributed by atoms with Gasteiger partial charge >= 0.3 is 0 Å². The lowest BCUT2D eigenvalue weighted by Crippen LogP contribution is -2.31. The van der Waals surface area contributed by atoms with E-state index in [4.69, 9.17) is 20.8 Å². The molecule has 132 valence electrons. The number of amides is 1. The molecule has 0 unspecified atom stereocenters. The van der Waals surface area contributed by atoms with Gasteiger partial charge in [0.2, 0.25) is 0 Å². The van der Waals surface area contributed by atoms with Gasteiger partial charge in [0.1, 0.15) is 17.6 Å². The van der Waals surface area contributed by atoms with E-state index < -0.39 is 0 Å². The highest BCUT2D eigenvalue weighted by Crippen LogP contribution is 2.34. The second-order valence-electron chi connectivity index (χ2n) is 5.74. The summed E-state index contributed by atoms with van der Waals surface area (Å²) >= 11 is 7.46. The zero-order valence-electron chi connectivity index (χ0n) is 13.7. The molecule has 0 N–H and O–H groups in total. The first-order valence-electron chi connectivity index (χ1n) is 8.06. The predicted octanol–water partition coefficient (Wildman–Crippen LogP) is 4.75. The summed E-state index contributed by atoms with van der Waals surface area (Å²) in [4.78, 5) is 13.8. The van der Waals surface area contributed by atoms with Gasteiger partial charge in [-0.25, -0.2) is 5.01 Å². The number of carbonyl (C=O) groups is 1. The predicted molar refractivity (Wildman–Crippen MR) is 101 cm³/mol. The second kappa shape index (κ2) is 7.35. The first kappa shape index (κ1) is 16.9. The van der Waals surface area contributed by atoms with Crippen LogP contribution in [0, 0.1) is 0 Å². The first-order valence-corrected chi connectivity index (χ1v) is 9.31. The van der Waals surface area contributed by atoms with E-state index in [-0.39, 0.29) is 18.6 Å². The molecule has 0 spiro atoms. The molecule has 1 amide bonds. The second-order valence-corrected chi connectivity index (χ2v) is 7.12. The van der Waals surface area contributed by atoms with Gasteiger partial charge in [-0.1, -0.05) is 17.7 Å². The smallest absolute Gasteiger partial charge is 0.281 e. The van der Waals surface area contributed by atoms with Crippen LogP contribution in [0.25, 0.3) is 0 Å². The fourth-order valence-corrected chi connectivity index (χ4v) is 3.62. The van der Waals surface area contributed by atoms with E-state index in [0.717, 1.165) is 10.6 Å². The fraction of sp³-hybridized carbons (Fsp3) is 0.158. The van der Waals surface area contributed by atoms with Crippen LogP contribution in [0.2, 0.25) is 5.02 Å². The lowest BCUT2D eigenvalue weighted by atomic mass is 10.1. The van der Waals surface area contributed by atoms with Crippen molar-refractivity contribution in [2.75, 3.05) is 6.61 Å². The van der Waals surface area contributed by atoms with Crippen molar-refractivity contribution in [2.24, 2.45) is 5.10 Å². The molecule has 3 heterocycles. The number of hydrogen-bond acceptors (Lipinski definition) is 5. The Morgan fingerprint density at radius 2 is 2.12 bits per heavy atom. The molecule has 2 aromatic heterocycles. The van der Waals surface area contributed by atoms with Crippen molar-refractivity contribution in [1.82, 2.24) is 5.01 Å². The molecule has 0 saturated carbocycles. The summed E-state index contributed by atoms with van der Waals surface area (Å²) in [7, 11) is 0. The standard InChI is InChI=1S/C19H15ClN2O3S/c20-13-5-7-14(8-6-13)25-12-19(23)22-16(17-3-1-9-24-17)11-15(21-22)18-4-2-10-26-18/h1-10,16H,11-12H2/t16-/m0/s1. The van der Waals surface area contributed by atoms with Crippen LogP contribution in [0.5, 0.6) is 5.75 Å². The highest BCUT2D eigenvalue weighted by molar-refractivity contribution is 7.12. The molecule has 1 aliphatic heterocycles. The van der Waals surface area contributed by atoms with E-state index in [1.807, 2.05) is 29.6 Å². The third-order valence-corrected chi connectivity index (χ3v) is 5.19. The van der Waals surface area contributed by atoms with Crippen molar-refractivity contribution >= 4 is 34.6 Å². The maximum Gasteiger partial charge on any atom is 0.281 e. The highest BCUT2D eigenvalue weighted by atomic mass is 35.5. The average Bonchev–Trinajstić information content (AvgIpc) is 3.41. The van der Waals surface area contributed by atoms with E-state index in [2.05, 4.69) is 5.10 Å². The molecule has 0 saturated heterocycles. The molecule has 7 heteroatoms. The molecule has 1 aromatic carbocycles. The zero-order valence-corrected chi connectivity index (χ0v) is 15.2. The number of rotatable bonds is 5. The summed E-state index contributed by atoms with van der Waals surface area (Å²) in [5.41, 5.74) is 0.876. The molecule has 1 atom stereocenters. The quantitative estimate of drug-likeness (QED) is 0.635. The van der Waals surface area contributed by atoms with Crippen LogP contribution in [0.15, 0.2) is 69.7 Å². The normalized spacial score (nSPS) is 16.6. The van der Waals surface area contributed by atoms with Crippen LogP contribution in [-0.4, -0.2) is 23.2 Å². The van der Waals surface area contributed by atoms with Gasteiger partial charge in [-0.05, 0) is 47.8 Å². The number of ether oxygens (including phenoxy) is 1. The molecular formula is C19H15ClN2O3S. The minimum absolute atomic E-state index is 0.111. The molecular weight excluding hydrogens is 372 g/mol. The Labute approximate surface area is 159 Å². The van der Waals surface area contributed by atoms with Gasteiger partial charge in [0.25, 0.3) is 5.91 Å². The Morgan fingerprint density at radius 1 is 1.27 bits per heavy atom.